The first-order chi connectivity index (χ1) is 13.3. The van der Waals surface area contributed by atoms with Gasteiger partial charge in [-0.2, -0.15) is 0 Å². The highest BCUT2D eigenvalue weighted by Gasteiger charge is 2.17. The number of rotatable bonds is 1. The van der Waals surface area contributed by atoms with Gasteiger partial charge in [-0.15, -0.1) is 11.3 Å². The molecule has 0 saturated heterocycles. The molecule has 0 N–H and O–H groups in total. The number of thiazole rings is 1. The van der Waals surface area contributed by atoms with Crippen molar-refractivity contribution in [3.8, 4) is 10.8 Å². The molecular formula is C22H14N4S. The quantitative estimate of drug-likeness (QED) is 0.379. The van der Waals surface area contributed by atoms with Crippen molar-refractivity contribution in [1.82, 2.24) is 19.4 Å². The fourth-order valence-electron chi connectivity index (χ4n) is 3.62. The first-order valence-corrected chi connectivity index (χ1v) is 9.63. The molecule has 3 aromatic heterocycles. The van der Waals surface area contributed by atoms with Crippen molar-refractivity contribution in [2.45, 2.75) is 6.92 Å². The van der Waals surface area contributed by atoms with Crippen molar-refractivity contribution in [3.05, 3.63) is 72.3 Å². The predicted octanol–water partition coefficient (Wildman–Crippen LogP) is 5.62. The van der Waals surface area contributed by atoms with Crippen LogP contribution in [0, 0.1) is 6.92 Å². The Balaban J connectivity index is 1.80. The fraction of sp³-hybridized carbons (Fsp3) is 0.0455. The third-order valence-electron chi connectivity index (χ3n) is 4.88. The van der Waals surface area contributed by atoms with Crippen LogP contribution in [0.15, 0.2) is 66.7 Å². The summed E-state index contributed by atoms with van der Waals surface area (Å²) in [6.07, 6.45) is 0. The van der Waals surface area contributed by atoms with E-state index in [0.717, 1.165) is 43.9 Å². The van der Waals surface area contributed by atoms with Gasteiger partial charge in [0.1, 0.15) is 5.65 Å². The fourth-order valence-corrected chi connectivity index (χ4v) is 4.66. The Labute approximate surface area is 158 Å². The van der Waals surface area contributed by atoms with Crippen molar-refractivity contribution in [2.24, 2.45) is 0 Å². The van der Waals surface area contributed by atoms with Gasteiger partial charge in [0, 0.05) is 5.39 Å². The third-order valence-corrected chi connectivity index (χ3v) is 5.89. The average molecular weight is 366 g/mol. The topological polar surface area (TPSA) is 43.1 Å². The van der Waals surface area contributed by atoms with E-state index in [-0.39, 0.29) is 0 Å². The van der Waals surface area contributed by atoms with E-state index in [0.29, 0.717) is 0 Å². The number of imidazole rings is 1. The average Bonchev–Trinajstić information content (AvgIpc) is 3.28. The van der Waals surface area contributed by atoms with Gasteiger partial charge >= 0.3 is 0 Å². The summed E-state index contributed by atoms with van der Waals surface area (Å²) < 4.78 is 3.32. The molecule has 0 radical (unpaired) electrons. The van der Waals surface area contributed by atoms with Gasteiger partial charge in [-0.3, -0.25) is 4.40 Å². The molecule has 0 aliphatic heterocycles. The molecular weight excluding hydrogens is 352 g/mol. The maximum Gasteiger partial charge on any atom is 0.176 e. The Kier molecular flexibility index (Phi) is 2.93. The summed E-state index contributed by atoms with van der Waals surface area (Å²) in [5, 5.41) is 1.96. The Bertz CT molecular complexity index is 1490. The van der Waals surface area contributed by atoms with Crippen LogP contribution in [0.25, 0.3) is 48.6 Å². The highest BCUT2D eigenvalue weighted by Crippen LogP contribution is 2.33. The molecule has 0 aliphatic rings. The Morgan fingerprint density at radius 2 is 1.59 bits per heavy atom. The number of para-hydroxylation sites is 3. The number of hydrogen-bond acceptors (Lipinski definition) is 4. The molecule has 0 unspecified atom stereocenters. The highest BCUT2D eigenvalue weighted by molar-refractivity contribution is 7.21. The summed E-state index contributed by atoms with van der Waals surface area (Å²) in [5.74, 6) is 0.844. The van der Waals surface area contributed by atoms with Gasteiger partial charge in [0.05, 0.1) is 26.8 Å². The zero-order valence-corrected chi connectivity index (χ0v) is 15.4. The second-order valence-electron chi connectivity index (χ2n) is 6.70. The molecule has 0 saturated carbocycles. The minimum absolute atomic E-state index is 0.844. The van der Waals surface area contributed by atoms with Crippen LogP contribution in [0.2, 0.25) is 0 Å². The summed E-state index contributed by atoms with van der Waals surface area (Å²) in [6.45, 7) is 2.11. The molecule has 3 aromatic carbocycles. The normalized spacial score (nSPS) is 11.9. The number of nitrogens with zero attached hydrogens (tertiary/aromatic N) is 4. The highest BCUT2D eigenvalue weighted by atomic mass is 32.1. The number of aromatic nitrogens is 4. The molecule has 0 spiro atoms. The lowest BCUT2D eigenvalue weighted by Gasteiger charge is -2.06. The monoisotopic (exact) mass is 366 g/mol. The van der Waals surface area contributed by atoms with Crippen LogP contribution in [0.5, 0.6) is 0 Å². The maximum absolute atomic E-state index is 4.98. The van der Waals surface area contributed by atoms with Crippen molar-refractivity contribution in [3.63, 3.8) is 0 Å². The molecule has 4 nitrogen and oxygen atoms in total. The van der Waals surface area contributed by atoms with E-state index in [1.54, 1.807) is 11.3 Å². The first kappa shape index (κ1) is 14.8. The van der Waals surface area contributed by atoms with E-state index in [1.165, 1.54) is 10.3 Å². The van der Waals surface area contributed by atoms with E-state index in [1.807, 2.05) is 36.4 Å². The van der Waals surface area contributed by atoms with Gasteiger partial charge in [-0.1, -0.05) is 30.3 Å². The Morgan fingerprint density at radius 3 is 2.52 bits per heavy atom. The van der Waals surface area contributed by atoms with Gasteiger partial charge in [0.25, 0.3) is 0 Å². The summed E-state index contributed by atoms with van der Waals surface area (Å²) in [5.41, 5.74) is 6.12. The predicted molar refractivity (Wildman–Crippen MR) is 111 cm³/mol. The largest absolute Gasteiger partial charge is 0.274 e. The smallest absolute Gasteiger partial charge is 0.176 e. The molecule has 5 heteroatoms. The summed E-state index contributed by atoms with van der Waals surface area (Å²) in [7, 11) is 0. The van der Waals surface area contributed by atoms with Crippen LogP contribution >= 0.6 is 11.3 Å². The van der Waals surface area contributed by atoms with Gasteiger partial charge in [-0.25, -0.2) is 15.0 Å². The maximum atomic E-state index is 4.98. The minimum Gasteiger partial charge on any atom is -0.274 e. The number of benzene rings is 3. The zero-order valence-electron chi connectivity index (χ0n) is 14.5. The number of hydrogen-bond donors (Lipinski definition) is 0. The van der Waals surface area contributed by atoms with E-state index in [4.69, 9.17) is 15.0 Å². The minimum atomic E-state index is 0.844. The first-order valence-electron chi connectivity index (χ1n) is 8.81. The van der Waals surface area contributed by atoms with Crippen LogP contribution in [0.4, 0.5) is 0 Å². The van der Waals surface area contributed by atoms with E-state index < -0.39 is 0 Å². The second-order valence-corrected chi connectivity index (χ2v) is 7.73. The molecule has 27 heavy (non-hydrogen) atoms. The molecule has 6 rings (SSSR count). The summed E-state index contributed by atoms with van der Waals surface area (Å²) in [4.78, 5) is 14.8. The van der Waals surface area contributed by atoms with E-state index in [9.17, 15) is 0 Å². The van der Waals surface area contributed by atoms with Gasteiger partial charge < -0.3 is 0 Å². The van der Waals surface area contributed by atoms with Crippen molar-refractivity contribution in [2.75, 3.05) is 0 Å². The van der Waals surface area contributed by atoms with Crippen molar-refractivity contribution >= 4 is 49.1 Å². The van der Waals surface area contributed by atoms with Crippen LogP contribution in [-0.4, -0.2) is 19.4 Å². The number of fused-ring (bicyclic) bond motifs is 6. The van der Waals surface area contributed by atoms with Crippen LogP contribution in [-0.2, 0) is 0 Å². The summed E-state index contributed by atoms with van der Waals surface area (Å²) >= 11 is 1.68. The lowest BCUT2D eigenvalue weighted by molar-refractivity contribution is 1.15. The lowest BCUT2D eigenvalue weighted by Crippen LogP contribution is -1.97. The van der Waals surface area contributed by atoms with Crippen LogP contribution in [0.3, 0.4) is 0 Å². The molecule has 0 aliphatic carbocycles. The molecule has 0 fully saturated rings. The lowest BCUT2D eigenvalue weighted by atomic mass is 10.2. The molecule has 0 amide bonds. The van der Waals surface area contributed by atoms with Crippen LogP contribution < -0.4 is 0 Å². The standard InChI is InChI=1S/C22H14N4S/c1-13-10-11-17-19(12-13)27-22(25-17)21-23-15-7-3-2-6-14(15)20-24-16-8-4-5-9-18(16)26(20)21/h2-12H,1H3. The third kappa shape index (κ3) is 2.12. The SMILES string of the molecule is Cc1ccc2nc(-c3nc4ccccc4c4nc5ccccc5n34)sc2c1. The molecule has 0 bridgehead atoms. The molecule has 6 aromatic rings. The van der Waals surface area contributed by atoms with E-state index in [2.05, 4.69) is 41.7 Å². The Morgan fingerprint density at radius 1 is 0.778 bits per heavy atom. The van der Waals surface area contributed by atoms with Crippen molar-refractivity contribution in [1.29, 1.82) is 0 Å². The Hall–Kier alpha value is -3.31. The number of aryl methyl sites for hydroxylation is 1. The zero-order chi connectivity index (χ0) is 18.0. The van der Waals surface area contributed by atoms with Gasteiger partial charge in [0.15, 0.2) is 10.8 Å². The molecule has 0 atom stereocenters. The van der Waals surface area contributed by atoms with Crippen molar-refractivity contribution < 1.29 is 0 Å². The van der Waals surface area contributed by atoms with E-state index >= 15 is 0 Å². The van der Waals surface area contributed by atoms with Gasteiger partial charge in [0.2, 0.25) is 0 Å². The molecule has 3 heterocycles. The second kappa shape index (κ2) is 5.34. The summed E-state index contributed by atoms with van der Waals surface area (Å²) in [6, 6.07) is 22.7. The van der Waals surface area contributed by atoms with Gasteiger partial charge in [-0.05, 0) is 48.9 Å². The molecule has 128 valence electrons. The van der Waals surface area contributed by atoms with Crippen LogP contribution in [0.1, 0.15) is 5.56 Å².